The summed E-state index contributed by atoms with van der Waals surface area (Å²) >= 11 is 9.47. The van der Waals surface area contributed by atoms with Gasteiger partial charge < -0.3 is 19.7 Å². The second kappa shape index (κ2) is 13.0. The van der Waals surface area contributed by atoms with E-state index in [1.54, 1.807) is 12.1 Å². The Morgan fingerprint density at radius 1 is 1.02 bits per heavy atom. The Kier molecular flexibility index (Phi) is 9.26. The normalized spacial score (nSPS) is 12.9. The maximum absolute atomic E-state index is 14.6. The number of hydrogen-bond acceptors (Lipinski definition) is 5. The number of aromatic nitrogens is 2. The van der Waals surface area contributed by atoms with Gasteiger partial charge in [0.2, 0.25) is 0 Å². The van der Waals surface area contributed by atoms with Crippen molar-refractivity contribution in [1.82, 2.24) is 19.4 Å². The number of fused-ring (bicyclic) bond motifs is 1. The molecule has 9 nitrogen and oxygen atoms in total. The molecule has 2 amide bonds. The average molecular weight is 712 g/mol. The predicted octanol–water partition coefficient (Wildman–Crippen LogP) is 5.73. The molecule has 0 fully saturated rings. The van der Waals surface area contributed by atoms with Crippen molar-refractivity contribution in [1.29, 1.82) is 0 Å². The summed E-state index contributed by atoms with van der Waals surface area (Å²) in [5.74, 6) is -1.55. The molecular weight excluding hydrogens is 688 g/mol. The van der Waals surface area contributed by atoms with Crippen LogP contribution in [-0.2, 0) is 19.6 Å². The molecule has 0 unspecified atom stereocenters. The molecule has 0 radical (unpaired) electrons. The number of nitrogens with zero attached hydrogens (tertiary/aromatic N) is 3. The number of ether oxygens (including phenoxy) is 2. The lowest BCUT2D eigenvalue weighted by molar-refractivity contribution is -0.153. The van der Waals surface area contributed by atoms with Gasteiger partial charge in [0.05, 0.1) is 30.1 Å². The molecule has 0 saturated heterocycles. The van der Waals surface area contributed by atoms with Crippen molar-refractivity contribution in [2.75, 3.05) is 20.3 Å². The van der Waals surface area contributed by atoms with Gasteiger partial charge in [-0.1, -0.05) is 17.7 Å². The monoisotopic (exact) mass is 710 g/mol. The fourth-order valence-corrected chi connectivity index (χ4v) is 5.26. The SMILES string of the molecule is COc1ccc(CNC(=O)c2c3n(c(=O)n2-c2ccc(OCC(F)(F)F)cc2)CCN(C(=O)c2ccc(Br)c(Cl)c2)C3)c(F)c1. The zero-order valence-corrected chi connectivity index (χ0v) is 25.8. The van der Waals surface area contributed by atoms with Gasteiger partial charge in [-0.2, -0.15) is 13.2 Å². The van der Waals surface area contributed by atoms with Gasteiger partial charge in [-0.05, 0) is 64.5 Å². The number of halogens is 6. The van der Waals surface area contributed by atoms with Crippen LogP contribution in [0.25, 0.3) is 5.69 Å². The van der Waals surface area contributed by atoms with Crippen molar-refractivity contribution in [3.8, 4) is 17.2 Å². The standard InChI is InChI=1S/C30H24BrClF4N4O5/c1-44-21-6-2-18(24(33)13-21)14-37-27(41)26-25-15-38(28(42)17-3-9-22(31)23(32)12-17)10-11-39(25)29(43)40(26)19-4-7-20(8-5-19)45-16-30(34,35)36/h2-9,12-13H,10-11,14-16H2,1H3,(H,37,41). The minimum Gasteiger partial charge on any atom is -0.497 e. The van der Waals surface area contributed by atoms with Crippen LogP contribution in [0.15, 0.2) is 69.9 Å². The first-order chi connectivity index (χ1) is 21.4. The highest BCUT2D eigenvalue weighted by Gasteiger charge is 2.33. The molecule has 3 aromatic carbocycles. The summed E-state index contributed by atoms with van der Waals surface area (Å²) in [5.41, 5.74) is 0.111. The summed E-state index contributed by atoms with van der Waals surface area (Å²) in [5, 5.41) is 2.96. The maximum Gasteiger partial charge on any atom is 0.422 e. The molecule has 1 N–H and O–H groups in total. The topological polar surface area (TPSA) is 94.8 Å². The Morgan fingerprint density at radius 2 is 1.73 bits per heavy atom. The number of amides is 2. The van der Waals surface area contributed by atoms with Crippen LogP contribution in [0.3, 0.4) is 0 Å². The van der Waals surface area contributed by atoms with Gasteiger partial charge in [0.25, 0.3) is 11.8 Å². The number of methoxy groups -OCH3 is 1. The smallest absolute Gasteiger partial charge is 0.422 e. The molecule has 5 rings (SSSR count). The van der Waals surface area contributed by atoms with Gasteiger partial charge >= 0.3 is 11.9 Å². The Bertz CT molecular complexity index is 1820. The van der Waals surface area contributed by atoms with Gasteiger partial charge in [-0.15, -0.1) is 0 Å². The summed E-state index contributed by atoms with van der Waals surface area (Å²) in [6.07, 6.45) is -4.55. The van der Waals surface area contributed by atoms with Crippen molar-refractivity contribution in [3.63, 3.8) is 0 Å². The highest BCUT2D eigenvalue weighted by Crippen LogP contribution is 2.27. The molecule has 4 aromatic rings. The number of nitrogens with one attached hydrogen (secondary N) is 1. The van der Waals surface area contributed by atoms with Gasteiger partial charge in [-0.25, -0.2) is 9.18 Å². The Morgan fingerprint density at radius 3 is 2.38 bits per heavy atom. The first-order valence-electron chi connectivity index (χ1n) is 13.4. The fraction of sp³-hybridized carbons (Fsp3) is 0.233. The van der Waals surface area contributed by atoms with E-state index in [1.165, 1.54) is 59.0 Å². The number of carbonyl (C=O) groups is 2. The molecule has 1 aromatic heterocycles. The van der Waals surface area contributed by atoms with E-state index in [4.69, 9.17) is 21.1 Å². The van der Waals surface area contributed by atoms with Crippen LogP contribution in [0, 0.1) is 5.82 Å². The molecule has 0 spiro atoms. The van der Waals surface area contributed by atoms with Crippen LogP contribution >= 0.6 is 27.5 Å². The zero-order valence-electron chi connectivity index (χ0n) is 23.5. The van der Waals surface area contributed by atoms with Crippen molar-refractivity contribution in [2.24, 2.45) is 0 Å². The number of alkyl halides is 3. The van der Waals surface area contributed by atoms with Crippen molar-refractivity contribution < 1.29 is 36.6 Å². The summed E-state index contributed by atoms with van der Waals surface area (Å²) < 4.78 is 65.3. The molecule has 0 aliphatic carbocycles. The second-order valence-corrected chi connectivity index (χ2v) is 11.2. The quantitative estimate of drug-likeness (QED) is 0.236. The minimum absolute atomic E-state index is 0.0529. The number of carbonyl (C=O) groups excluding carboxylic acids is 2. The van der Waals surface area contributed by atoms with Crippen LogP contribution in [0.4, 0.5) is 17.6 Å². The zero-order chi connectivity index (χ0) is 32.5. The summed E-state index contributed by atoms with van der Waals surface area (Å²) in [7, 11) is 1.39. The molecule has 1 aliphatic heterocycles. The first kappa shape index (κ1) is 32.1. The fourth-order valence-electron chi connectivity index (χ4n) is 4.83. The van der Waals surface area contributed by atoms with E-state index < -0.39 is 30.2 Å². The summed E-state index contributed by atoms with van der Waals surface area (Å²) in [6.45, 7) is -1.67. The molecule has 15 heteroatoms. The molecule has 0 atom stereocenters. The second-order valence-electron chi connectivity index (χ2n) is 9.96. The third-order valence-electron chi connectivity index (χ3n) is 7.05. The van der Waals surface area contributed by atoms with E-state index in [0.29, 0.717) is 15.1 Å². The van der Waals surface area contributed by atoms with E-state index in [2.05, 4.69) is 21.2 Å². The van der Waals surface area contributed by atoms with Crippen LogP contribution in [-0.4, -0.2) is 52.3 Å². The van der Waals surface area contributed by atoms with E-state index >= 15 is 0 Å². The third-order valence-corrected chi connectivity index (χ3v) is 8.28. The molecule has 45 heavy (non-hydrogen) atoms. The highest BCUT2D eigenvalue weighted by atomic mass is 79.9. The molecule has 1 aliphatic rings. The van der Waals surface area contributed by atoms with Crippen LogP contribution in [0.5, 0.6) is 11.5 Å². The van der Waals surface area contributed by atoms with E-state index in [1.807, 2.05) is 0 Å². The predicted molar refractivity (Wildman–Crippen MR) is 160 cm³/mol. The number of rotatable bonds is 8. The number of hydrogen-bond donors (Lipinski definition) is 1. The molecular formula is C30H24BrClF4N4O5. The largest absolute Gasteiger partial charge is 0.497 e. The van der Waals surface area contributed by atoms with Crippen molar-refractivity contribution in [2.45, 2.75) is 25.8 Å². The lowest BCUT2D eigenvalue weighted by atomic mass is 10.1. The van der Waals surface area contributed by atoms with Crippen LogP contribution in [0.2, 0.25) is 5.02 Å². The van der Waals surface area contributed by atoms with E-state index in [0.717, 1.165) is 10.6 Å². The van der Waals surface area contributed by atoms with Gasteiger partial charge in [0, 0.05) is 41.3 Å². The average Bonchev–Trinajstić information content (AvgIpc) is 3.31. The summed E-state index contributed by atoms with van der Waals surface area (Å²) in [4.78, 5) is 42.3. The summed E-state index contributed by atoms with van der Waals surface area (Å²) in [6, 6.07) is 14.0. The lowest BCUT2D eigenvalue weighted by Gasteiger charge is -2.28. The van der Waals surface area contributed by atoms with Gasteiger partial charge in [-0.3, -0.25) is 18.7 Å². The van der Waals surface area contributed by atoms with E-state index in [-0.39, 0.29) is 66.2 Å². The Hall–Kier alpha value is -4.30. The number of benzene rings is 3. The van der Waals surface area contributed by atoms with Crippen molar-refractivity contribution in [3.05, 3.63) is 109 Å². The van der Waals surface area contributed by atoms with Gasteiger partial charge in [0.1, 0.15) is 23.0 Å². The molecule has 0 bridgehead atoms. The van der Waals surface area contributed by atoms with Crippen LogP contribution < -0.4 is 20.5 Å². The van der Waals surface area contributed by atoms with E-state index in [9.17, 15) is 31.9 Å². The molecule has 236 valence electrons. The Balaban J connectivity index is 1.50. The minimum atomic E-state index is -4.55. The Labute approximate surface area is 267 Å². The van der Waals surface area contributed by atoms with Crippen LogP contribution in [0.1, 0.15) is 32.1 Å². The highest BCUT2D eigenvalue weighted by molar-refractivity contribution is 9.10. The molecule has 0 saturated carbocycles. The van der Waals surface area contributed by atoms with Crippen molar-refractivity contribution >= 4 is 39.3 Å². The lowest BCUT2D eigenvalue weighted by Crippen LogP contribution is -2.41. The maximum atomic E-state index is 14.6. The number of imidazole rings is 1. The molecule has 2 heterocycles. The first-order valence-corrected chi connectivity index (χ1v) is 14.5. The third kappa shape index (κ3) is 7.01. The van der Waals surface area contributed by atoms with Gasteiger partial charge in [0.15, 0.2) is 6.61 Å².